The molecule has 3 aromatic carbocycles. The van der Waals surface area contributed by atoms with Crippen molar-refractivity contribution in [3.8, 4) is 5.75 Å². The van der Waals surface area contributed by atoms with E-state index in [0.717, 1.165) is 25.0 Å². The molecule has 0 radical (unpaired) electrons. The average molecular weight is 458 g/mol. The highest BCUT2D eigenvalue weighted by Gasteiger charge is 2.59. The van der Waals surface area contributed by atoms with Crippen LogP contribution in [0.2, 0.25) is 0 Å². The van der Waals surface area contributed by atoms with Crippen LogP contribution in [0.25, 0.3) is 12.2 Å². The number of hydrogen-bond acceptors (Lipinski definition) is 2. The summed E-state index contributed by atoms with van der Waals surface area (Å²) in [7, 11) is 0. The summed E-state index contributed by atoms with van der Waals surface area (Å²) in [5, 5.41) is 0. The fourth-order valence-corrected chi connectivity index (χ4v) is 6.87. The molecule has 7 rings (SSSR count). The van der Waals surface area contributed by atoms with Gasteiger partial charge in [-0.05, 0) is 97.1 Å². The Morgan fingerprint density at radius 3 is 2.26 bits per heavy atom. The maximum absolute atomic E-state index is 7.13. The third kappa shape index (κ3) is 3.31. The molecule has 174 valence electrons. The third-order valence-corrected chi connectivity index (χ3v) is 8.28. The molecule has 1 saturated carbocycles. The van der Waals surface area contributed by atoms with Crippen molar-refractivity contribution in [2.75, 3.05) is 4.90 Å². The highest BCUT2D eigenvalue weighted by atomic mass is 16.5. The van der Waals surface area contributed by atoms with Crippen LogP contribution in [-0.2, 0) is 0 Å². The first-order chi connectivity index (χ1) is 17.3. The van der Waals surface area contributed by atoms with Gasteiger partial charge >= 0.3 is 0 Å². The van der Waals surface area contributed by atoms with E-state index in [2.05, 4.69) is 102 Å². The average Bonchev–Trinajstić information content (AvgIpc) is 3.25. The molecule has 2 aliphatic carbocycles. The lowest BCUT2D eigenvalue weighted by atomic mass is 9.68. The van der Waals surface area contributed by atoms with Gasteiger partial charge in [0.15, 0.2) is 0 Å². The second-order valence-corrected chi connectivity index (χ2v) is 10.4. The molecule has 2 nitrogen and oxygen atoms in total. The second kappa shape index (κ2) is 8.30. The van der Waals surface area contributed by atoms with Gasteiger partial charge in [-0.2, -0.15) is 0 Å². The van der Waals surface area contributed by atoms with Crippen LogP contribution < -0.4 is 9.64 Å². The maximum atomic E-state index is 7.13. The fraction of sp³-hybridized carbons (Fsp3) is 0.273. The molecular weight excluding hydrogens is 426 g/mol. The zero-order valence-electron chi connectivity index (χ0n) is 20.1. The topological polar surface area (TPSA) is 12.5 Å². The summed E-state index contributed by atoms with van der Waals surface area (Å²) < 4.78 is 7.13. The molecule has 1 spiro atoms. The molecule has 4 aliphatic rings. The Morgan fingerprint density at radius 2 is 1.46 bits per heavy atom. The second-order valence-electron chi connectivity index (χ2n) is 10.4. The molecule has 2 aliphatic heterocycles. The summed E-state index contributed by atoms with van der Waals surface area (Å²) in [4.78, 5) is 2.63. The van der Waals surface area contributed by atoms with E-state index in [9.17, 15) is 0 Å². The van der Waals surface area contributed by atoms with E-state index in [0.29, 0.717) is 5.92 Å². The van der Waals surface area contributed by atoms with Gasteiger partial charge in [0, 0.05) is 11.6 Å². The van der Waals surface area contributed by atoms with Crippen molar-refractivity contribution in [1.29, 1.82) is 0 Å². The van der Waals surface area contributed by atoms with Crippen LogP contribution in [0.3, 0.4) is 0 Å². The first-order valence-corrected chi connectivity index (χ1v) is 13.2. The molecule has 0 bridgehead atoms. The molecule has 1 fully saturated rings. The number of benzene rings is 3. The third-order valence-electron chi connectivity index (χ3n) is 8.28. The maximum Gasteiger partial charge on any atom is 0.213 e. The zero-order chi connectivity index (χ0) is 23.2. The van der Waals surface area contributed by atoms with Crippen molar-refractivity contribution < 1.29 is 4.74 Å². The molecule has 3 aromatic rings. The van der Waals surface area contributed by atoms with Gasteiger partial charge in [0.2, 0.25) is 5.72 Å². The number of rotatable bonds is 2. The lowest BCUT2D eigenvalue weighted by molar-refractivity contribution is 0.0353. The molecule has 2 atom stereocenters. The van der Waals surface area contributed by atoms with Crippen LogP contribution in [0.1, 0.15) is 56.1 Å². The molecular formula is C33H31NO. The van der Waals surface area contributed by atoms with Crippen LogP contribution in [0.5, 0.6) is 5.75 Å². The van der Waals surface area contributed by atoms with Crippen molar-refractivity contribution in [3.63, 3.8) is 0 Å². The van der Waals surface area contributed by atoms with E-state index in [1.807, 2.05) is 0 Å². The van der Waals surface area contributed by atoms with Gasteiger partial charge in [-0.3, -0.25) is 4.90 Å². The molecule has 0 amide bonds. The predicted octanol–water partition coefficient (Wildman–Crippen LogP) is 8.39. The van der Waals surface area contributed by atoms with Crippen molar-refractivity contribution in [2.45, 2.75) is 50.7 Å². The molecule has 2 heteroatoms. The van der Waals surface area contributed by atoms with E-state index in [1.165, 1.54) is 59.3 Å². The van der Waals surface area contributed by atoms with Crippen molar-refractivity contribution in [3.05, 3.63) is 118 Å². The Labute approximate surface area is 208 Å². The molecule has 0 unspecified atom stereocenters. The van der Waals surface area contributed by atoms with E-state index in [4.69, 9.17) is 4.74 Å². The minimum absolute atomic E-state index is 0.427. The molecule has 35 heavy (non-hydrogen) atoms. The van der Waals surface area contributed by atoms with Gasteiger partial charge in [-0.25, -0.2) is 0 Å². The van der Waals surface area contributed by atoms with Crippen LogP contribution in [0, 0.1) is 5.92 Å². The molecule has 0 saturated heterocycles. The Balaban J connectivity index is 1.45. The highest BCUT2D eigenvalue weighted by Crippen LogP contribution is 2.61. The molecule has 0 aromatic heterocycles. The summed E-state index contributed by atoms with van der Waals surface area (Å²) in [5.41, 5.74) is 9.29. The first-order valence-electron chi connectivity index (χ1n) is 13.2. The minimum atomic E-state index is -0.427. The largest absolute Gasteiger partial charge is 0.461 e. The van der Waals surface area contributed by atoms with Gasteiger partial charge in [0.05, 0.1) is 5.69 Å². The van der Waals surface area contributed by atoms with Crippen molar-refractivity contribution in [2.24, 2.45) is 5.92 Å². The zero-order valence-corrected chi connectivity index (χ0v) is 20.1. The minimum Gasteiger partial charge on any atom is -0.461 e. The first kappa shape index (κ1) is 20.8. The predicted molar refractivity (Wildman–Crippen MR) is 144 cm³/mol. The number of anilines is 1. The summed E-state index contributed by atoms with van der Waals surface area (Å²) in [6.45, 7) is 0. The summed E-state index contributed by atoms with van der Waals surface area (Å²) >= 11 is 0. The van der Waals surface area contributed by atoms with Crippen LogP contribution in [-0.4, -0.2) is 5.72 Å². The summed E-state index contributed by atoms with van der Waals surface area (Å²) in [6.07, 6.45) is 13.1. The van der Waals surface area contributed by atoms with Gasteiger partial charge < -0.3 is 4.74 Å². The number of hydrogen-bond donors (Lipinski definition) is 0. The van der Waals surface area contributed by atoms with E-state index in [1.54, 1.807) is 5.57 Å². The Morgan fingerprint density at radius 1 is 0.743 bits per heavy atom. The quantitative estimate of drug-likeness (QED) is 0.383. The summed E-state index contributed by atoms with van der Waals surface area (Å²) in [5.74, 6) is 1.49. The van der Waals surface area contributed by atoms with E-state index in [-0.39, 0.29) is 0 Å². The van der Waals surface area contributed by atoms with Gasteiger partial charge in [0.25, 0.3) is 0 Å². The van der Waals surface area contributed by atoms with E-state index >= 15 is 0 Å². The summed E-state index contributed by atoms with van der Waals surface area (Å²) in [6, 6.07) is 30.3. The molecule has 2 heterocycles. The smallest absolute Gasteiger partial charge is 0.213 e. The fourth-order valence-electron chi connectivity index (χ4n) is 6.87. The van der Waals surface area contributed by atoms with E-state index < -0.39 is 5.72 Å². The number of fused-ring (bicyclic) bond motifs is 3. The SMILES string of the molecule is C(=C1\CCCC2=C1N1c3ccccc3O[C@]13/C(=C/c1ccccc1)CCC[C@@H]3C2)/c1ccccc1. The van der Waals surface area contributed by atoms with Crippen molar-refractivity contribution >= 4 is 17.8 Å². The highest BCUT2D eigenvalue weighted by molar-refractivity contribution is 5.78. The van der Waals surface area contributed by atoms with Crippen LogP contribution >= 0.6 is 0 Å². The number of ether oxygens (including phenoxy) is 1. The van der Waals surface area contributed by atoms with Gasteiger partial charge in [-0.1, -0.05) is 72.8 Å². The van der Waals surface area contributed by atoms with Gasteiger partial charge in [0.1, 0.15) is 5.75 Å². The number of nitrogens with zero attached hydrogens (tertiary/aromatic N) is 1. The number of allylic oxidation sites excluding steroid dienone is 2. The Hall–Kier alpha value is -3.52. The lowest BCUT2D eigenvalue weighted by Gasteiger charge is -2.53. The molecule has 0 N–H and O–H groups in total. The van der Waals surface area contributed by atoms with Crippen molar-refractivity contribution in [1.82, 2.24) is 0 Å². The van der Waals surface area contributed by atoms with Crippen LogP contribution in [0.4, 0.5) is 5.69 Å². The van der Waals surface area contributed by atoms with Crippen LogP contribution in [0.15, 0.2) is 107 Å². The number of para-hydroxylation sites is 2. The normalized spacial score (nSPS) is 27.2. The van der Waals surface area contributed by atoms with Gasteiger partial charge in [-0.15, -0.1) is 0 Å². The Bertz CT molecular complexity index is 1350. The monoisotopic (exact) mass is 457 g/mol. The lowest BCUT2D eigenvalue weighted by Crippen LogP contribution is -2.60. The standard InChI is InChI=1S/C33H31NO/c1-3-11-24(12-4-1)21-26-15-9-16-27-23-29-18-10-17-28(22-25-13-5-2-6-14-25)33(29)34(32(26)27)30-19-7-8-20-31(30)35-33/h1-8,11-14,19-22,29H,9-10,15-18,23H2/b26-21-,28-22+/t29-,33+/m1/s1. The Kier molecular flexibility index (Phi) is 4.94.